The number of amides is 1. The summed E-state index contributed by atoms with van der Waals surface area (Å²) in [6.45, 7) is 12.7. The number of rotatable bonds is 7. The molecule has 204 valence electrons. The van der Waals surface area contributed by atoms with Crippen molar-refractivity contribution in [2.75, 3.05) is 19.7 Å². The molecule has 39 heavy (non-hydrogen) atoms. The van der Waals surface area contributed by atoms with Crippen LogP contribution in [0.15, 0.2) is 64.6 Å². The fraction of sp³-hybridized carbons (Fsp3) is 0.387. The zero-order valence-corrected chi connectivity index (χ0v) is 24.1. The summed E-state index contributed by atoms with van der Waals surface area (Å²) in [6.07, 6.45) is 5.09. The highest BCUT2D eigenvalue weighted by Crippen LogP contribution is 2.35. The van der Waals surface area contributed by atoms with E-state index >= 15 is 0 Å². The van der Waals surface area contributed by atoms with Crippen LogP contribution >= 0.6 is 11.8 Å². The minimum absolute atomic E-state index is 0.0939. The molecule has 2 aliphatic rings. The largest absolute Gasteiger partial charge is 0.493 e. The summed E-state index contributed by atoms with van der Waals surface area (Å²) in [6, 6.07) is 16.2. The number of morpholine rings is 1. The van der Waals surface area contributed by atoms with Gasteiger partial charge < -0.3 is 14.4 Å². The van der Waals surface area contributed by atoms with Crippen LogP contribution in [0.4, 0.5) is 0 Å². The van der Waals surface area contributed by atoms with E-state index in [4.69, 9.17) is 14.6 Å². The van der Waals surface area contributed by atoms with E-state index in [0.29, 0.717) is 17.4 Å². The Morgan fingerprint density at radius 2 is 1.87 bits per heavy atom. The van der Waals surface area contributed by atoms with Crippen molar-refractivity contribution in [3.63, 3.8) is 0 Å². The highest BCUT2D eigenvalue weighted by Gasteiger charge is 2.31. The van der Waals surface area contributed by atoms with E-state index in [1.807, 2.05) is 73.3 Å². The van der Waals surface area contributed by atoms with Crippen molar-refractivity contribution in [1.29, 1.82) is 0 Å². The standard InChI is InChI=1S/C31H36N4O3S/c1-20(2)13-14-37-27-12-11-24(15-21(27)3)29-25(19-35(33-29)26-9-7-6-8-10-26)16-28-30(36)32-31(39-28)34-17-22(4)38-23(5)18-34/h6-12,15-16,19-20,22-23H,13-14,17-18H2,1-5H3/b28-16+/t22-,23+. The highest BCUT2D eigenvalue weighted by molar-refractivity contribution is 8.18. The summed E-state index contributed by atoms with van der Waals surface area (Å²) in [5.74, 6) is 1.26. The first-order valence-corrected chi connectivity index (χ1v) is 14.4. The predicted molar refractivity (Wildman–Crippen MR) is 158 cm³/mol. The molecular formula is C31H36N4O3S. The Hall–Kier alpha value is -3.36. The third-order valence-corrected chi connectivity index (χ3v) is 7.79. The van der Waals surface area contributed by atoms with Crippen molar-refractivity contribution in [3.05, 3.63) is 70.8 Å². The Balaban J connectivity index is 1.45. The molecule has 0 radical (unpaired) electrons. The highest BCUT2D eigenvalue weighted by atomic mass is 32.2. The van der Waals surface area contributed by atoms with Gasteiger partial charge in [-0.15, -0.1) is 0 Å². The number of aliphatic imine (C=N–C) groups is 1. The number of thioether (sulfide) groups is 1. The maximum atomic E-state index is 13.0. The molecule has 0 N–H and O–H groups in total. The lowest BCUT2D eigenvalue weighted by Crippen LogP contribution is -2.47. The fourth-order valence-corrected chi connectivity index (χ4v) is 5.72. The van der Waals surface area contributed by atoms with Gasteiger partial charge in [-0.2, -0.15) is 10.1 Å². The number of carbonyl (C=O) groups is 1. The van der Waals surface area contributed by atoms with Gasteiger partial charge in [-0.3, -0.25) is 4.79 Å². The van der Waals surface area contributed by atoms with Crippen LogP contribution in [0.3, 0.4) is 0 Å². The van der Waals surface area contributed by atoms with E-state index in [0.717, 1.165) is 58.5 Å². The van der Waals surface area contributed by atoms with Gasteiger partial charge >= 0.3 is 0 Å². The van der Waals surface area contributed by atoms with Crippen LogP contribution in [0, 0.1) is 12.8 Å². The van der Waals surface area contributed by atoms with Crippen molar-refractivity contribution < 1.29 is 14.3 Å². The van der Waals surface area contributed by atoms with Crippen LogP contribution in [0.5, 0.6) is 5.75 Å². The van der Waals surface area contributed by atoms with Gasteiger partial charge in [0.15, 0.2) is 5.17 Å². The second-order valence-corrected chi connectivity index (χ2v) is 11.7. The maximum Gasteiger partial charge on any atom is 0.286 e. The Labute approximate surface area is 234 Å². The van der Waals surface area contributed by atoms with Crippen LogP contribution in [0.1, 0.15) is 45.2 Å². The topological polar surface area (TPSA) is 69.0 Å². The number of carbonyl (C=O) groups excluding carboxylic acids is 1. The van der Waals surface area contributed by atoms with Gasteiger partial charge in [-0.1, -0.05) is 32.0 Å². The van der Waals surface area contributed by atoms with Crippen LogP contribution in [-0.2, 0) is 9.53 Å². The Morgan fingerprint density at radius 3 is 2.56 bits per heavy atom. The molecular weight excluding hydrogens is 508 g/mol. The molecule has 2 aromatic carbocycles. The number of hydrogen-bond donors (Lipinski definition) is 0. The molecule has 1 fully saturated rings. The molecule has 2 atom stereocenters. The smallest absolute Gasteiger partial charge is 0.286 e. The molecule has 1 saturated heterocycles. The van der Waals surface area contributed by atoms with E-state index in [1.54, 1.807) is 0 Å². The molecule has 2 aliphatic heterocycles. The number of aryl methyl sites for hydroxylation is 1. The second kappa shape index (κ2) is 11.8. The number of amidine groups is 1. The zero-order valence-electron chi connectivity index (χ0n) is 23.3. The molecule has 0 aliphatic carbocycles. The maximum absolute atomic E-state index is 13.0. The zero-order chi connectivity index (χ0) is 27.5. The van der Waals surface area contributed by atoms with E-state index in [9.17, 15) is 4.79 Å². The number of aromatic nitrogens is 2. The molecule has 7 nitrogen and oxygen atoms in total. The summed E-state index contributed by atoms with van der Waals surface area (Å²) < 4.78 is 13.8. The summed E-state index contributed by atoms with van der Waals surface area (Å²) in [7, 11) is 0. The number of para-hydroxylation sites is 1. The molecule has 1 amide bonds. The lowest BCUT2D eigenvalue weighted by Gasteiger charge is -2.35. The van der Waals surface area contributed by atoms with Gasteiger partial charge in [0.1, 0.15) is 11.4 Å². The third-order valence-electron chi connectivity index (χ3n) is 6.75. The van der Waals surface area contributed by atoms with Crippen molar-refractivity contribution in [2.45, 2.75) is 53.2 Å². The van der Waals surface area contributed by atoms with Gasteiger partial charge in [0, 0.05) is 30.4 Å². The molecule has 3 aromatic rings. The minimum Gasteiger partial charge on any atom is -0.493 e. The van der Waals surface area contributed by atoms with Crippen molar-refractivity contribution in [2.24, 2.45) is 10.9 Å². The van der Waals surface area contributed by atoms with Crippen LogP contribution in [0.2, 0.25) is 0 Å². The molecule has 0 spiro atoms. The molecule has 3 heterocycles. The number of hydrogen-bond acceptors (Lipinski definition) is 6. The summed E-state index contributed by atoms with van der Waals surface area (Å²) in [5.41, 5.74) is 4.64. The number of ether oxygens (including phenoxy) is 2. The van der Waals surface area contributed by atoms with Gasteiger partial charge in [0.2, 0.25) is 0 Å². The van der Waals surface area contributed by atoms with Crippen LogP contribution in [0.25, 0.3) is 23.0 Å². The van der Waals surface area contributed by atoms with Crippen molar-refractivity contribution in [1.82, 2.24) is 14.7 Å². The molecule has 5 rings (SSSR count). The summed E-state index contributed by atoms with van der Waals surface area (Å²) in [4.78, 5) is 20.1. The first kappa shape index (κ1) is 27.2. The molecule has 8 heteroatoms. The lowest BCUT2D eigenvalue weighted by atomic mass is 10.0. The minimum atomic E-state index is -0.217. The monoisotopic (exact) mass is 544 g/mol. The van der Waals surface area contributed by atoms with Crippen LogP contribution < -0.4 is 4.74 Å². The van der Waals surface area contributed by atoms with E-state index in [2.05, 4.69) is 36.7 Å². The fourth-order valence-electron chi connectivity index (χ4n) is 4.80. The first-order chi connectivity index (χ1) is 18.8. The number of benzene rings is 2. The van der Waals surface area contributed by atoms with Gasteiger partial charge in [0.25, 0.3) is 5.91 Å². The average Bonchev–Trinajstić information content (AvgIpc) is 3.49. The van der Waals surface area contributed by atoms with E-state index < -0.39 is 0 Å². The van der Waals surface area contributed by atoms with Gasteiger partial charge in [-0.05, 0) is 86.8 Å². The molecule has 0 bridgehead atoms. The SMILES string of the molecule is Cc1cc(-c2nn(-c3ccccc3)cc2/C=C2/SC(N3C[C@@H](C)O[C@@H](C)C3)=NC2=O)ccc1OCCC(C)C. The summed E-state index contributed by atoms with van der Waals surface area (Å²) in [5, 5.41) is 5.69. The molecule has 0 unspecified atom stereocenters. The number of nitrogens with zero attached hydrogens (tertiary/aromatic N) is 4. The van der Waals surface area contributed by atoms with Crippen molar-refractivity contribution >= 4 is 28.9 Å². The normalized spacial score (nSPS) is 20.7. The third kappa shape index (κ3) is 6.45. The van der Waals surface area contributed by atoms with E-state index in [1.165, 1.54) is 11.8 Å². The summed E-state index contributed by atoms with van der Waals surface area (Å²) >= 11 is 1.42. The van der Waals surface area contributed by atoms with Gasteiger partial charge in [0.05, 0.1) is 29.4 Å². The van der Waals surface area contributed by atoms with Gasteiger partial charge in [-0.25, -0.2) is 4.68 Å². The Morgan fingerprint density at radius 1 is 1.13 bits per heavy atom. The Bertz CT molecular complexity index is 1390. The lowest BCUT2D eigenvalue weighted by molar-refractivity contribution is -0.113. The van der Waals surface area contributed by atoms with Crippen LogP contribution in [-0.4, -0.2) is 57.7 Å². The quantitative estimate of drug-likeness (QED) is 0.323. The Kier molecular flexibility index (Phi) is 8.23. The predicted octanol–water partition coefficient (Wildman–Crippen LogP) is 6.35. The first-order valence-electron chi connectivity index (χ1n) is 13.6. The van der Waals surface area contributed by atoms with Crippen molar-refractivity contribution in [3.8, 4) is 22.7 Å². The second-order valence-electron chi connectivity index (χ2n) is 10.7. The average molecular weight is 545 g/mol. The van der Waals surface area contributed by atoms with E-state index in [-0.39, 0.29) is 18.1 Å². The molecule has 0 saturated carbocycles. The molecule has 1 aromatic heterocycles.